The molecule has 80 valence electrons. The van der Waals surface area contributed by atoms with Crippen molar-refractivity contribution in [2.45, 2.75) is 6.04 Å². The molecule has 0 aromatic heterocycles. The molecule has 1 aliphatic carbocycles. The second-order valence-electron chi connectivity index (χ2n) is 4.12. The number of nitrogens with zero attached hydrogens (tertiary/aromatic N) is 1. The van der Waals surface area contributed by atoms with Crippen LogP contribution in [0.25, 0.3) is 5.76 Å². The van der Waals surface area contributed by atoms with E-state index in [4.69, 9.17) is 0 Å². The largest absolute Gasteiger partial charge is 0.507 e. The van der Waals surface area contributed by atoms with Crippen LogP contribution in [0.2, 0.25) is 0 Å². The maximum atomic E-state index is 10.2. The highest BCUT2D eigenvalue weighted by Gasteiger charge is 2.28. The first-order chi connectivity index (χ1) is 7.79. The summed E-state index contributed by atoms with van der Waals surface area (Å²) in [5.41, 5.74) is 2.97. The van der Waals surface area contributed by atoms with Crippen LogP contribution in [-0.2, 0) is 0 Å². The number of benzene rings is 1. The summed E-state index contributed by atoms with van der Waals surface area (Å²) in [4.78, 5) is 2.18. The summed E-state index contributed by atoms with van der Waals surface area (Å²) in [6.45, 7) is 0. The molecular weight excluding hydrogens is 198 g/mol. The lowest BCUT2D eigenvalue weighted by molar-refractivity contribution is 0.500. The summed E-state index contributed by atoms with van der Waals surface area (Å²) in [6, 6.07) is 8.09. The number of fused-ring (bicyclic) bond motifs is 2. The lowest BCUT2D eigenvalue weighted by Crippen LogP contribution is -2.35. The second kappa shape index (κ2) is 3.27. The Bertz CT molecular complexity index is 525. The van der Waals surface area contributed by atoms with Crippen LogP contribution in [0.3, 0.4) is 0 Å². The van der Waals surface area contributed by atoms with Gasteiger partial charge in [-0.05, 0) is 12.1 Å². The van der Waals surface area contributed by atoms with Crippen molar-refractivity contribution in [3.8, 4) is 0 Å². The van der Waals surface area contributed by atoms with Gasteiger partial charge in [0.25, 0.3) is 0 Å². The predicted octanol–water partition coefficient (Wildman–Crippen LogP) is 2.90. The Hall–Kier alpha value is -1.96. The molecule has 3 rings (SSSR count). The fourth-order valence-corrected chi connectivity index (χ4v) is 2.37. The molecule has 2 aliphatic rings. The van der Waals surface area contributed by atoms with Crippen LogP contribution in [-0.4, -0.2) is 18.2 Å². The van der Waals surface area contributed by atoms with Gasteiger partial charge < -0.3 is 10.0 Å². The zero-order valence-electron chi connectivity index (χ0n) is 9.09. The van der Waals surface area contributed by atoms with E-state index in [2.05, 4.69) is 18.0 Å². The van der Waals surface area contributed by atoms with Crippen LogP contribution in [0.4, 0.5) is 5.69 Å². The first kappa shape index (κ1) is 9.28. The quantitative estimate of drug-likeness (QED) is 0.713. The number of aliphatic hydroxyl groups excluding tert-OH is 1. The van der Waals surface area contributed by atoms with Crippen LogP contribution in [0.1, 0.15) is 5.56 Å². The van der Waals surface area contributed by atoms with Gasteiger partial charge in [0.2, 0.25) is 0 Å². The number of para-hydroxylation sites is 1. The van der Waals surface area contributed by atoms with E-state index in [0.29, 0.717) is 5.76 Å². The van der Waals surface area contributed by atoms with Gasteiger partial charge in [0.15, 0.2) is 0 Å². The molecule has 0 saturated carbocycles. The molecule has 1 heterocycles. The van der Waals surface area contributed by atoms with Gasteiger partial charge in [0.05, 0.1) is 6.04 Å². The highest BCUT2D eigenvalue weighted by molar-refractivity contribution is 5.82. The summed E-state index contributed by atoms with van der Waals surface area (Å²) >= 11 is 0. The number of allylic oxidation sites excluding steroid dienone is 2. The van der Waals surface area contributed by atoms with Crippen LogP contribution in [0.5, 0.6) is 0 Å². The zero-order chi connectivity index (χ0) is 11.1. The van der Waals surface area contributed by atoms with Gasteiger partial charge >= 0.3 is 0 Å². The molecule has 2 nitrogen and oxygen atoms in total. The van der Waals surface area contributed by atoms with Crippen LogP contribution in [0, 0.1) is 0 Å². The van der Waals surface area contributed by atoms with E-state index < -0.39 is 0 Å². The highest BCUT2D eigenvalue weighted by Crippen LogP contribution is 2.37. The van der Waals surface area contributed by atoms with Crippen molar-refractivity contribution >= 4 is 11.4 Å². The Morgan fingerprint density at radius 3 is 2.88 bits per heavy atom. The van der Waals surface area contributed by atoms with E-state index in [1.54, 1.807) is 0 Å². The molecule has 1 atom stereocenters. The third-order valence-electron chi connectivity index (χ3n) is 3.23. The molecule has 1 aromatic carbocycles. The standard InChI is InChI=1S/C14H13NO/c1-15-12-8-4-2-6-10(12)14(16)11-7-3-5-9-13(11)15/h2-9,12,16H,1H3. The second-order valence-corrected chi connectivity index (χ2v) is 4.12. The summed E-state index contributed by atoms with van der Waals surface area (Å²) in [5, 5.41) is 10.2. The topological polar surface area (TPSA) is 23.5 Å². The van der Waals surface area contributed by atoms with Gasteiger partial charge in [-0.2, -0.15) is 0 Å². The Morgan fingerprint density at radius 2 is 2.00 bits per heavy atom. The average Bonchev–Trinajstić information content (AvgIpc) is 2.36. The van der Waals surface area contributed by atoms with E-state index in [9.17, 15) is 5.11 Å². The lowest BCUT2D eigenvalue weighted by Gasteiger charge is -2.36. The predicted molar refractivity (Wildman–Crippen MR) is 66.5 cm³/mol. The van der Waals surface area contributed by atoms with Crippen molar-refractivity contribution in [3.63, 3.8) is 0 Å². The van der Waals surface area contributed by atoms with Gasteiger partial charge in [0.1, 0.15) is 5.76 Å². The van der Waals surface area contributed by atoms with Crippen molar-refractivity contribution in [3.05, 3.63) is 59.7 Å². The smallest absolute Gasteiger partial charge is 0.130 e. The molecule has 1 aliphatic heterocycles. The van der Waals surface area contributed by atoms with Crippen LogP contribution < -0.4 is 4.90 Å². The first-order valence-electron chi connectivity index (χ1n) is 5.39. The molecule has 0 spiro atoms. The van der Waals surface area contributed by atoms with E-state index >= 15 is 0 Å². The molecule has 2 heteroatoms. The number of anilines is 1. The highest BCUT2D eigenvalue weighted by atomic mass is 16.3. The van der Waals surface area contributed by atoms with E-state index in [0.717, 1.165) is 16.8 Å². The monoisotopic (exact) mass is 211 g/mol. The van der Waals surface area contributed by atoms with Gasteiger partial charge in [0, 0.05) is 23.9 Å². The molecule has 0 saturated heterocycles. The molecule has 1 N–H and O–H groups in total. The molecule has 0 fully saturated rings. The van der Waals surface area contributed by atoms with Crippen molar-refractivity contribution in [2.75, 3.05) is 11.9 Å². The van der Waals surface area contributed by atoms with Crippen LogP contribution in [0.15, 0.2) is 54.1 Å². The SMILES string of the molecule is CN1c2ccccc2C(O)=C2C=CC=CC21. The molecule has 1 unspecified atom stereocenters. The molecule has 1 aromatic rings. The normalized spacial score (nSPS) is 22.1. The van der Waals surface area contributed by atoms with Gasteiger partial charge in [-0.25, -0.2) is 0 Å². The number of rotatable bonds is 0. The summed E-state index contributed by atoms with van der Waals surface area (Å²) in [7, 11) is 2.06. The lowest BCUT2D eigenvalue weighted by atomic mass is 9.91. The number of aliphatic hydroxyl groups is 1. The number of likely N-dealkylation sites (N-methyl/N-ethyl adjacent to an activating group) is 1. The Morgan fingerprint density at radius 1 is 1.19 bits per heavy atom. The third-order valence-corrected chi connectivity index (χ3v) is 3.23. The third kappa shape index (κ3) is 1.13. The average molecular weight is 211 g/mol. The zero-order valence-corrected chi connectivity index (χ0v) is 9.09. The maximum Gasteiger partial charge on any atom is 0.130 e. The van der Waals surface area contributed by atoms with Crippen molar-refractivity contribution in [1.29, 1.82) is 0 Å². The molecule has 0 radical (unpaired) electrons. The molecule has 16 heavy (non-hydrogen) atoms. The summed E-state index contributed by atoms with van der Waals surface area (Å²) in [6.07, 6.45) is 8.06. The van der Waals surface area contributed by atoms with Crippen LogP contribution >= 0.6 is 0 Å². The molecule has 0 amide bonds. The number of hydrogen-bond donors (Lipinski definition) is 1. The first-order valence-corrected chi connectivity index (χ1v) is 5.39. The molecular formula is C14H13NO. The van der Waals surface area contributed by atoms with Gasteiger partial charge in [-0.3, -0.25) is 0 Å². The maximum absolute atomic E-state index is 10.2. The van der Waals surface area contributed by atoms with Crippen molar-refractivity contribution in [1.82, 2.24) is 0 Å². The van der Waals surface area contributed by atoms with Crippen molar-refractivity contribution in [2.24, 2.45) is 0 Å². The van der Waals surface area contributed by atoms with Crippen molar-refractivity contribution < 1.29 is 5.11 Å². The van der Waals surface area contributed by atoms with E-state index in [1.165, 1.54) is 0 Å². The summed E-state index contributed by atoms with van der Waals surface area (Å²) < 4.78 is 0. The minimum absolute atomic E-state index is 0.153. The Kier molecular flexibility index (Phi) is 1.90. The van der Waals surface area contributed by atoms with Gasteiger partial charge in [-0.1, -0.05) is 36.4 Å². The van der Waals surface area contributed by atoms with E-state index in [-0.39, 0.29) is 6.04 Å². The van der Waals surface area contributed by atoms with E-state index in [1.807, 2.05) is 42.5 Å². The Labute approximate surface area is 94.8 Å². The minimum atomic E-state index is 0.153. The Balaban J connectivity index is 2.26. The number of hydrogen-bond acceptors (Lipinski definition) is 2. The molecule has 0 bridgehead atoms. The van der Waals surface area contributed by atoms with Gasteiger partial charge in [-0.15, -0.1) is 0 Å². The fraction of sp³-hybridized carbons (Fsp3) is 0.143. The fourth-order valence-electron chi connectivity index (χ4n) is 2.37. The summed E-state index contributed by atoms with van der Waals surface area (Å²) in [5.74, 6) is 0.402. The minimum Gasteiger partial charge on any atom is -0.507 e.